The highest BCUT2D eigenvalue weighted by molar-refractivity contribution is 5.87. The Labute approximate surface area is 329 Å². The lowest BCUT2D eigenvalue weighted by Crippen LogP contribution is -2.51. The van der Waals surface area contributed by atoms with E-state index in [9.17, 15) is 19.2 Å². The molecule has 57 heavy (non-hydrogen) atoms. The molecule has 3 fully saturated rings. The maximum absolute atomic E-state index is 13.5. The third-order valence-corrected chi connectivity index (χ3v) is 10.8. The monoisotopic (exact) mass is 786 g/mol. The van der Waals surface area contributed by atoms with E-state index in [1.54, 1.807) is 22.2 Å². The number of nitrogens with zero attached hydrogens (tertiary/aromatic N) is 5. The summed E-state index contributed by atoms with van der Waals surface area (Å²) in [4.78, 5) is 74.8. The van der Waals surface area contributed by atoms with Gasteiger partial charge in [0.15, 0.2) is 24.1 Å². The Morgan fingerprint density at radius 3 is 1.89 bits per heavy atom. The van der Waals surface area contributed by atoms with E-state index >= 15 is 0 Å². The Bertz CT molecular complexity index is 2060. The number of rotatable bonds is 13. The highest BCUT2D eigenvalue weighted by Gasteiger charge is 2.46. The summed E-state index contributed by atoms with van der Waals surface area (Å²) in [6, 6.07) is 6.06. The van der Waals surface area contributed by atoms with Gasteiger partial charge in [0, 0.05) is 13.1 Å². The molecule has 0 spiro atoms. The van der Waals surface area contributed by atoms with E-state index in [1.165, 1.54) is 20.6 Å². The second-order valence-corrected chi connectivity index (χ2v) is 15.2. The van der Waals surface area contributed by atoms with E-state index in [0.29, 0.717) is 42.1 Å². The summed E-state index contributed by atoms with van der Waals surface area (Å²) in [5, 5.41) is 8.61. The summed E-state index contributed by atoms with van der Waals surface area (Å²) in [6.45, 7) is 8.66. The van der Waals surface area contributed by atoms with Gasteiger partial charge in [-0.05, 0) is 48.6 Å². The van der Waals surface area contributed by atoms with Crippen molar-refractivity contribution in [2.24, 2.45) is 11.8 Å². The Morgan fingerprint density at radius 2 is 1.33 bits per heavy atom. The van der Waals surface area contributed by atoms with Gasteiger partial charge in [0.2, 0.25) is 11.8 Å². The van der Waals surface area contributed by atoms with Crippen LogP contribution in [0.25, 0.3) is 11.3 Å². The number of aromatic nitrogens is 5. The molecule has 3 aliphatic heterocycles. The third-order valence-electron chi connectivity index (χ3n) is 10.8. The number of alkyl carbamates (subject to hydrolysis) is 2. The maximum Gasteiger partial charge on any atom is 0.407 e. The maximum atomic E-state index is 13.5. The molecular weight excluding hydrogens is 736 g/mol. The molecule has 3 aliphatic rings. The molecule has 0 saturated carbocycles. The minimum atomic E-state index is -0.723. The fraction of sp³-hybridized carbons (Fsp3) is 0.513. The normalized spacial score (nSPS) is 21.4. The van der Waals surface area contributed by atoms with Crippen LogP contribution < -0.4 is 16.0 Å². The van der Waals surface area contributed by atoms with Crippen molar-refractivity contribution in [1.82, 2.24) is 45.4 Å². The molecule has 3 aromatic heterocycles. The van der Waals surface area contributed by atoms with Crippen LogP contribution >= 0.6 is 0 Å². The van der Waals surface area contributed by atoms with Gasteiger partial charge in [-0.2, -0.15) is 4.98 Å². The number of benzene rings is 1. The van der Waals surface area contributed by atoms with Crippen LogP contribution in [0.15, 0.2) is 47.5 Å². The van der Waals surface area contributed by atoms with Gasteiger partial charge in [-0.15, -0.1) is 0 Å². The third kappa shape index (κ3) is 8.31. The summed E-state index contributed by atoms with van der Waals surface area (Å²) in [7, 11) is 2.55. The molecule has 4 aromatic rings. The molecule has 0 radical (unpaired) electrons. The van der Waals surface area contributed by atoms with E-state index in [0.717, 1.165) is 42.5 Å². The molecule has 18 nitrogen and oxygen atoms in total. The molecule has 5 N–H and O–H groups in total. The van der Waals surface area contributed by atoms with Crippen LogP contribution in [0, 0.1) is 11.8 Å². The summed E-state index contributed by atoms with van der Waals surface area (Å²) >= 11 is 0. The summed E-state index contributed by atoms with van der Waals surface area (Å²) in [5.41, 5.74) is 2.71. The van der Waals surface area contributed by atoms with Gasteiger partial charge in [-0.1, -0.05) is 52.0 Å². The van der Waals surface area contributed by atoms with E-state index < -0.39 is 24.3 Å². The van der Waals surface area contributed by atoms with Crippen LogP contribution in [0.5, 0.6) is 0 Å². The number of methoxy groups -OCH3 is 2. The molecule has 3 saturated heterocycles. The SMILES string of the molecule is COC(=O)NC(C(=O)N1CCCC1c1ncc(Nc2ncoc2C2OC2c2ccc(-c3cnc(C4CCCN4C(=O)C(NC(=O)OC)C(C)C)[nH]3)cc2)[nH]1)C(C)C. The Morgan fingerprint density at radius 1 is 0.772 bits per heavy atom. The largest absolute Gasteiger partial charge is 0.453 e. The molecule has 6 unspecified atom stereocenters. The second-order valence-electron chi connectivity index (χ2n) is 15.2. The number of hydrogen-bond donors (Lipinski definition) is 5. The number of anilines is 2. The van der Waals surface area contributed by atoms with Crippen molar-refractivity contribution in [1.29, 1.82) is 0 Å². The van der Waals surface area contributed by atoms with Gasteiger partial charge in [0.25, 0.3) is 0 Å². The minimum Gasteiger partial charge on any atom is -0.453 e. The van der Waals surface area contributed by atoms with Crippen LogP contribution in [0.4, 0.5) is 21.2 Å². The van der Waals surface area contributed by atoms with E-state index in [1.807, 2.05) is 52.0 Å². The van der Waals surface area contributed by atoms with Crippen LogP contribution in [0.2, 0.25) is 0 Å². The quantitative estimate of drug-likeness (QED) is 0.107. The van der Waals surface area contributed by atoms with E-state index in [4.69, 9.17) is 18.6 Å². The van der Waals surface area contributed by atoms with Crippen molar-refractivity contribution < 1.29 is 37.8 Å². The van der Waals surface area contributed by atoms with Gasteiger partial charge < -0.3 is 54.3 Å². The van der Waals surface area contributed by atoms with Crippen molar-refractivity contribution in [2.45, 2.75) is 89.8 Å². The number of H-pyrrole nitrogens is 2. The lowest BCUT2D eigenvalue weighted by atomic mass is 10.0. The van der Waals surface area contributed by atoms with E-state index in [2.05, 4.69) is 40.9 Å². The van der Waals surface area contributed by atoms with Gasteiger partial charge in [0.05, 0.1) is 44.4 Å². The number of aromatic amines is 2. The number of epoxide rings is 1. The fourth-order valence-corrected chi connectivity index (χ4v) is 7.70. The molecule has 6 atom stereocenters. The number of likely N-dealkylation sites (tertiary alicyclic amines) is 2. The Kier molecular flexibility index (Phi) is 11.5. The zero-order valence-corrected chi connectivity index (χ0v) is 32.9. The smallest absolute Gasteiger partial charge is 0.407 e. The number of ether oxygens (including phenoxy) is 3. The molecule has 0 aliphatic carbocycles. The van der Waals surface area contributed by atoms with Crippen molar-refractivity contribution >= 4 is 35.6 Å². The lowest BCUT2D eigenvalue weighted by molar-refractivity contribution is -0.136. The van der Waals surface area contributed by atoms with Gasteiger partial charge in [-0.25, -0.2) is 19.6 Å². The number of carbonyl (C=O) groups excluding carboxylic acids is 4. The van der Waals surface area contributed by atoms with Crippen LogP contribution in [-0.4, -0.2) is 98.1 Å². The highest BCUT2D eigenvalue weighted by Crippen LogP contribution is 2.53. The molecule has 6 heterocycles. The molecule has 7 rings (SSSR count). The summed E-state index contributed by atoms with van der Waals surface area (Å²) < 4.78 is 21.3. The van der Waals surface area contributed by atoms with Gasteiger partial charge >= 0.3 is 12.2 Å². The predicted octanol–water partition coefficient (Wildman–Crippen LogP) is 5.43. The zero-order chi connectivity index (χ0) is 40.4. The Hall–Kier alpha value is -5.91. The first-order chi connectivity index (χ1) is 27.5. The van der Waals surface area contributed by atoms with E-state index in [-0.39, 0.29) is 47.9 Å². The second kappa shape index (κ2) is 16.7. The Balaban J connectivity index is 0.971. The van der Waals surface area contributed by atoms with Gasteiger partial charge in [-0.3, -0.25) is 9.59 Å². The average molecular weight is 787 g/mol. The highest BCUT2D eigenvalue weighted by atomic mass is 16.6. The molecule has 18 heteroatoms. The first kappa shape index (κ1) is 39.3. The van der Waals surface area contributed by atoms with Crippen LogP contribution in [0.1, 0.15) is 101 Å². The predicted molar refractivity (Wildman–Crippen MR) is 205 cm³/mol. The standard InChI is InChI=1S/C39H50N10O8/c1-20(2)28(46-38(52)54-5)36(50)48-15-7-9-25(48)33-40-17-24(43-33)22-11-13-23(14-12-22)30-31(57-30)32-35(42-19-56-32)45-27-18-41-34(44-27)26-10-8-16-49(26)37(51)29(21(3)4)47-39(53)55-6/h11-14,17-21,25-26,28-31,45H,7-10,15-16H2,1-6H3,(H,40,43)(H,41,44)(H,46,52)(H,47,53). The van der Waals surface area contributed by atoms with Crippen LogP contribution in [0.3, 0.4) is 0 Å². The van der Waals surface area contributed by atoms with Gasteiger partial charge in [0.1, 0.15) is 35.7 Å². The number of carbonyl (C=O) groups is 4. The van der Waals surface area contributed by atoms with Crippen molar-refractivity contribution in [2.75, 3.05) is 32.6 Å². The lowest BCUT2D eigenvalue weighted by Gasteiger charge is -2.30. The first-order valence-corrected chi connectivity index (χ1v) is 19.3. The molecular formula is C39H50N10O8. The van der Waals surface area contributed by atoms with Crippen molar-refractivity contribution in [3.05, 3.63) is 66.0 Å². The zero-order valence-electron chi connectivity index (χ0n) is 32.9. The molecule has 1 aromatic carbocycles. The fourth-order valence-electron chi connectivity index (χ4n) is 7.70. The van der Waals surface area contributed by atoms with Crippen molar-refractivity contribution in [3.63, 3.8) is 0 Å². The number of oxazole rings is 1. The first-order valence-electron chi connectivity index (χ1n) is 19.3. The number of imidazole rings is 2. The van der Waals surface area contributed by atoms with Crippen molar-refractivity contribution in [3.8, 4) is 11.3 Å². The molecule has 304 valence electrons. The summed E-state index contributed by atoms with van der Waals surface area (Å²) in [5.74, 6) is 2.34. The average Bonchev–Trinajstić information content (AvgIpc) is 3.89. The van der Waals surface area contributed by atoms with Crippen LogP contribution in [-0.2, 0) is 23.8 Å². The summed E-state index contributed by atoms with van der Waals surface area (Å²) in [6.07, 6.45) is 6.04. The number of nitrogens with one attached hydrogen (secondary N) is 5. The molecule has 0 bridgehead atoms. The topological polar surface area (TPSA) is 225 Å². The number of amides is 4. The molecule has 4 amide bonds. The minimum absolute atomic E-state index is 0.119. The number of hydrogen-bond acceptors (Lipinski definition) is 12.